The molecule has 1 unspecified atom stereocenters. The first-order chi connectivity index (χ1) is 11.1. The van der Waals surface area contributed by atoms with Gasteiger partial charge in [0.15, 0.2) is 0 Å². The maximum atomic E-state index is 12.2. The lowest BCUT2D eigenvalue weighted by Crippen LogP contribution is -2.24. The number of fused-ring (bicyclic) bond motifs is 2. The van der Waals surface area contributed by atoms with Gasteiger partial charge in [0.1, 0.15) is 5.15 Å². The molecule has 2 N–H and O–H groups in total. The van der Waals surface area contributed by atoms with Crippen LogP contribution in [0.4, 0.5) is 5.69 Å². The molecule has 2 aromatic heterocycles. The van der Waals surface area contributed by atoms with Gasteiger partial charge < -0.3 is 5.32 Å². The van der Waals surface area contributed by atoms with E-state index in [2.05, 4.69) is 26.7 Å². The van der Waals surface area contributed by atoms with E-state index < -0.39 is 0 Å². The van der Waals surface area contributed by atoms with E-state index in [9.17, 15) is 4.79 Å². The highest BCUT2D eigenvalue weighted by Gasteiger charge is 2.32. The first-order valence-corrected chi connectivity index (χ1v) is 7.94. The number of anilines is 1. The third kappa shape index (κ3) is 2.13. The van der Waals surface area contributed by atoms with Crippen LogP contribution in [0.15, 0.2) is 18.3 Å². The fourth-order valence-electron chi connectivity index (χ4n) is 3.34. The molecule has 0 bridgehead atoms. The molecular formula is C16H16ClN5O. The van der Waals surface area contributed by atoms with Gasteiger partial charge in [0.25, 0.3) is 0 Å². The Morgan fingerprint density at radius 1 is 1.43 bits per heavy atom. The second-order valence-electron chi connectivity index (χ2n) is 5.83. The molecule has 0 radical (unpaired) electrons. The van der Waals surface area contributed by atoms with E-state index in [4.69, 9.17) is 11.6 Å². The third-order valence-electron chi connectivity index (χ3n) is 4.42. The van der Waals surface area contributed by atoms with Crippen molar-refractivity contribution in [2.24, 2.45) is 7.05 Å². The van der Waals surface area contributed by atoms with Gasteiger partial charge in [-0.1, -0.05) is 18.5 Å². The third-order valence-corrected chi connectivity index (χ3v) is 4.87. The lowest BCUT2D eigenvalue weighted by atomic mass is 9.84. The van der Waals surface area contributed by atoms with Crippen LogP contribution < -0.4 is 5.32 Å². The average molecular weight is 330 g/mol. The van der Waals surface area contributed by atoms with Gasteiger partial charge in [-0.25, -0.2) is 0 Å². The predicted octanol–water partition coefficient (Wildman–Crippen LogP) is 2.99. The molecule has 6 nitrogen and oxygen atoms in total. The molecule has 0 fully saturated rings. The molecule has 0 aliphatic carbocycles. The van der Waals surface area contributed by atoms with Crippen molar-refractivity contribution >= 4 is 34.1 Å². The minimum atomic E-state index is -0.0887. The molecule has 0 saturated heterocycles. The molecular weight excluding hydrogens is 314 g/mol. The smallest absolute Gasteiger partial charge is 0.225 e. The zero-order valence-corrected chi connectivity index (χ0v) is 13.6. The van der Waals surface area contributed by atoms with E-state index in [0.717, 1.165) is 39.8 Å². The number of carbonyl (C=O) groups excluding carboxylic acids is 1. The Balaban J connectivity index is 1.95. The molecule has 1 amide bonds. The van der Waals surface area contributed by atoms with Crippen LogP contribution in [0.2, 0.25) is 5.15 Å². The van der Waals surface area contributed by atoms with Crippen molar-refractivity contribution in [3.05, 3.63) is 40.3 Å². The highest BCUT2D eigenvalue weighted by molar-refractivity contribution is 6.30. The number of halogens is 1. The van der Waals surface area contributed by atoms with E-state index in [1.807, 2.05) is 20.0 Å². The van der Waals surface area contributed by atoms with Crippen molar-refractivity contribution in [2.45, 2.75) is 25.7 Å². The molecule has 3 heterocycles. The Hall–Kier alpha value is -2.34. The quantitative estimate of drug-likeness (QED) is 0.759. The second-order valence-corrected chi connectivity index (χ2v) is 6.19. The van der Waals surface area contributed by atoms with Gasteiger partial charge in [-0.3, -0.25) is 14.6 Å². The second kappa shape index (κ2) is 5.09. The van der Waals surface area contributed by atoms with Crippen molar-refractivity contribution in [2.75, 3.05) is 5.32 Å². The lowest BCUT2D eigenvalue weighted by molar-refractivity contribution is -0.116. The summed E-state index contributed by atoms with van der Waals surface area (Å²) in [5.74, 6) is -0.0995. The summed E-state index contributed by atoms with van der Waals surface area (Å²) in [6.07, 6.45) is 2.93. The Morgan fingerprint density at radius 2 is 2.26 bits per heavy atom. The molecule has 1 aliphatic rings. The first kappa shape index (κ1) is 14.3. The molecule has 1 aliphatic heterocycles. The molecule has 0 saturated carbocycles. The van der Waals surface area contributed by atoms with Crippen molar-refractivity contribution < 1.29 is 4.79 Å². The molecule has 118 valence electrons. The number of nitrogens with one attached hydrogen (secondary N) is 2. The van der Waals surface area contributed by atoms with Crippen LogP contribution in [0.25, 0.3) is 10.9 Å². The average Bonchev–Trinajstić information content (AvgIpc) is 3.09. The summed E-state index contributed by atoms with van der Waals surface area (Å²) in [4.78, 5) is 12.2. The summed E-state index contributed by atoms with van der Waals surface area (Å²) < 4.78 is 1.68. The Kier molecular flexibility index (Phi) is 3.16. The summed E-state index contributed by atoms with van der Waals surface area (Å²) in [7, 11) is 1.83. The van der Waals surface area contributed by atoms with Gasteiger partial charge in [0.05, 0.1) is 17.4 Å². The predicted molar refractivity (Wildman–Crippen MR) is 88.8 cm³/mol. The van der Waals surface area contributed by atoms with Crippen LogP contribution >= 0.6 is 11.6 Å². The number of benzene rings is 1. The fourth-order valence-corrected chi connectivity index (χ4v) is 3.62. The SMILES string of the molecule is CCc1nn(C)c(Cl)c1C1CC(=O)Nc2cc3[nH]ncc3cc21. The number of aromatic amines is 1. The van der Waals surface area contributed by atoms with Crippen LogP contribution in [0, 0.1) is 0 Å². The lowest BCUT2D eigenvalue weighted by Gasteiger charge is -2.26. The van der Waals surface area contributed by atoms with E-state index in [-0.39, 0.29) is 11.8 Å². The van der Waals surface area contributed by atoms with E-state index in [1.54, 1.807) is 10.9 Å². The molecule has 7 heteroatoms. The highest BCUT2D eigenvalue weighted by Crippen LogP contribution is 2.42. The van der Waals surface area contributed by atoms with Crippen molar-refractivity contribution in [1.29, 1.82) is 0 Å². The minimum Gasteiger partial charge on any atom is -0.326 e. The summed E-state index contributed by atoms with van der Waals surface area (Å²) in [6, 6.07) is 4.00. The standard InChI is InChI=1S/C16H16ClN5O/c1-3-11-15(16(17)22(2)21-11)10-5-14(23)19-13-6-12-8(4-9(10)13)7-18-20-12/h4,6-7,10H,3,5H2,1-2H3,(H,18,20)(H,19,23). The maximum Gasteiger partial charge on any atom is 0.225 e. The number of rotatable bonds is 2. The van der Waals surface area contributed by atoms with E-state index >= 15 is 0 Å². The number of carbonyl (C=O) groups is 1. The summed E-state index contributed by atoms with van der Waals surface area (Å²) in [5, 5.41) is 16.0. The van der Waals surface area contributed by atoms with Crippen LogP contribution in [0.3, 0.4) is 0 Å². The van der Waals surface area contributed by atoms with Crippen molar-refractivity contribution in [1.82, 2.24) is 20.0 Å². The summed E-state index contributed by atoms with van der Waals surface area (Å²) in [6.45, 7) is 2.05. The monoisotopic (exact) mass is 329 g/mol. The van der Waals surface area contributed by atoms with Gasteiger partial charge in [-0.2, -0.15) is 10.2 Å². The zero-order chi connectivity index (χ0) is 16.1. The topological polar surface area (TPSA) is 75.6 Å². The first-order valence-electron chi connectivity index (χ1n) is 7.56. The minimum absolute atomic E-state index is 0.0108. The van der Waals surface area contributed by atoms with E-state index in [0.29, 0.717) is 11.6 Å². The molecule has 23 heavy (non-hydrogen) atoms. The van der Waals surface area contributed by atoms with Gasteiger partial charge in [0.2, 0.25) is 5.91 Å². The van der Waals surface area contributed by atoms with Gasteiger partial charge in [-0.05, 0) is 24.1 Å². The normalized spacial score (nSPS) is 17.3. The number of H-pyrrole nitrogens is 1. The number of nitrogens with zero attached hydrogens (tertiary/aromatic N) is 3. The molecule has 3 aromatic rings. The van der Waals surface area contributed by atoms with Gasteiger partial charge >= 0.3 is 0 Å². The van der Waals surface area contributed by atoms with Crippen molar-refractivity contribution in [3.63, 3.8) is 0 Å². The van der Waals surface area contributed by atoms with Crippen LogP contribution in [0.1, 0.15) is 36.1 Å². The van der Waals surface area contributed by atoms with Crippen LogP contribution in [-0.2, 0) is 18.3 Å². The molecule has 1 aromatic carbocycles. The Bertz CT molecular complexity index is 926. The number of hydrogen-bond acceptors (Lipinski definition) is 3. The van der Waals surface area contributed by atoms with Crippen molar-refractivity contribution in [3.8, 4) is 0 Å². The molecule has 1 atom stereocenters. The van der Waals surface area contributed by atoms with E-state index in [1.165, 1.54) is 0 Å². The van der Waals surface area contributed by atoms with Gasteiger partial charge in [-0.15, -0.1) is 0 Å². The number of aryl methyl sites for hydroxylation is 2. The maximum absolute atomic E-state index is 12.2. The Labute approximate surface area is 137 Å². The molecule has 4 rings (SSSR count). The number of amides is 1. The van der Waals surface area contributed by atoms with Gasteiger partial charge in [0, 0.05) is 36.0 Å². The zero-order valence-electron chi connectivity index (χ0n) is 12.9. The summed E-state index contributed by atoms with van der Waals surface area (Å²) in [5.41, 5.74) is 4.66. The highest BCUT2D eigenvalue weighted by atomic mass is 35.5. The molecule has 0 spiro atoms. The Morgan fingerprint density at radius 3 is 3.04 bits per heavy atom. The summed E-state index contributed by atoms with van der Waals surface area (Å²) >= 11 is 6.49. The van der Waals surface area contributed by atoms with Crippen LogP contribution in [0.5, 0.6) is 0 Å². The largest absolute Gasteiger partial charge is 0.326 e. The van der Waals surface area contributed by atoms with Crippen LogP contribution in [-0.4, -0.2) is 25.9 Å². The fraction of sp³-hybridized carbons (Fsp3) is 0.312. The number of aromatic nitrogens is 4. The number of hydrogen-bond donors (Lipinski definition) is 2.